The van der Waals surface area contributed by atoms with E-state index in [0.717, 1.165) is 30.5 Å². The number of aromatic amines is 1. The van der Waals surface area contributed by atoms with Crippen LogP contribution in [0.3, 0.4) is 0 Å². The summed E-state index contributed by atoms with van der Waals surface area (Å²) in [5, 5.41) is 0. The van der Waals surface area contributed by atoms with Crippen molar-refractivity contribution in [1.82, 2.24) is 4.98 Å². The van der Waals surface area contributed by atoms with E-state index in [2.05, 4.69) is 11.9 Å². The first-order valence-electron chi connectivity index (χ1n) is 5.68. The molecule has 3 heteroatoms. The zero-order chi connectivity index (χ0) is 10.8. The van der Waals surface area contributed by atoms with Crippen molar-refractivity contribution in [2.45, 2.75) is 32.6 Å². The molecule has 0 aromatic carbocycles. The van der Waals surface area contributed by atoms with Crippen molar-refractivity contribution in [3.8, 4) is 0 Å². The summed E-state index contributed by atoms with van der Waals surface area (Å²) in [6.07, 6.45) is 3.57. The van der Waals surface area contributed by atoms with Crippen LogP contribution in [0.15, 0.2) is 6.07 Å². The number of carbonyl (C=O) groups is 1. The Kier molecular flexibility index (Phi) is 2.91. The number of hydrogen-bond donors (Lipinski definition) is 2. The van der Waals surface area contributed by atoms with Crippen LogP contribution in [-0.2, 0) is 12.8 Å². The van der Waals surface area contributed by atoms with Gasteiger partial charge in [0.15, 0.2) is 5.78 Å². The Morgan fingerprint density at radius 2 is 2.33 bits per heavy atom. The van der Waals surface area contributed by atoms with Crippen LogP contribution in [0.25, 0.3) is 0 Å². The summed E-state index contributed by atoms with van der Waals surface area (Å²) in [5.41, 5.74) is 8.75. The van der Waals surface area contributed by atoms with E-state index in [1.165, 1.54) is 5.69 Å². The summed E-state index contributed by atoms with van der Waals surface area (Å²) in [6, 6.07) is 2.01. The highest BCUT2D eigenvalue weighted by Crippen LogP contribution is 2.27. The maximum absolute atomic E-state index is 11.8. The quantitative estimate of drug-likeness (QED) is 0.790. The maximum atomic E-state index is 11.8. The van der Waals surface area contributed by atoms with Crippen LogP contribution in [-0.4, -0.2) is 17.3 Å². The Labute approximate surface area is 90.1 Å². The number of aromatic nitrogens is 1. The molecule has 1 unspecified atom stereocenters. The maximum Gasteiger partial charge on any atom is 0.164 e. The van der Waals surface area contributed by atoms with E-state index in [9.17, 15) is 4.79 Å². The number of nitrogens with one attached hydrogen (secondary N) is 1. The lowest BCUT2D eigenvalue weighted by Gasteiger charge is -2.20. The molecule has 1 aliphatic carbocycles. The number of Topliss-reactive ketones (excluding diaryl/α,β-unsaturated/α-hetero) is 1. The van der Waals surface area contributed by atoms with Gasteiger partial charge in [-0.15, -0.1) is 0 Å². The van der Waals surface area contributed by atoms with E-state index in [-0.39, 0.29) is 5.78 Å². The summed E-state index contributed by atoms with van der Waals surface area (Å²) >= 11 is 0. The molecule has 82 valence electrons. The first kappa shape index (κ1) is 10.4. The topological polar surface area (TPSA) is 58.9 Å². The first-order chi connectivity index (χ1) is 7.24. The molecular formula is C12H18N2O. The van der Waals surface area contributed by atoms with E-state index < -0.39 is 0 Å². The zero-order valence-electron chi connectivity index (χ0n) is 9.18. The Bertz CT molecular complexity index is 368. The summed E-state index contributed by atoms with van der Waals surface area (Å²) < 4.78 is 0. The molecule has 3 N–H and O–H groups in total. The number of carbonyl (C=O) groups excluding carboxylic acids is 1. The van der Waals surface area contributed by atoms with Crippen molar-refractivity contribution in [1.29, 1.82) is 0 Å². The van der Waals surface area contributed by atoms with Gasteiger partial charge in [-0.1, -0.05) is 6.92 Å². The van der Waals surface area contributed by atoms with Gasteiger partial charge < -0.3 is 10.7 Å². The van der Waals surface area contributed by atoms with Crippen LogP contribution < -0.4 is 5.73 Å². The third-order valence-electron chi connectivity index (χ3n) is 3.18. The van der Waals surface area contributed by atoms with Crippen molar-refractivity contribution in [2.75, 3.05) is 6.54 Å². The number of ketones is 1. The van der Waals surface area contributed by atoms with Gasteiger partial charge in [0, 0.05) is 23.4 Å². The summed E-state index contributed by atoms with van der Waals surface area (Å²) in [5.74, 6) is 0.726. The third kappa shape index (κ3) is 1.97. The van der Waals surface area contributed by atoms with Crippen molar-refractivity contribution in [3.05, 3.63) is 23.0 Å². The number of aryl methyl sites for hydroxylation is 1. The molecule has 0 amide bonds. The molecule has 0 aliphatic heterocycles. The smallest absolute Gasteiger partial charge is 0.164 e. The van der Waals surface area contributed by atoms with Crippen molar-refractivity contribution >= 4 is 5.78 Å². The molecule has 15 heavy (non-hydrogen) atoms. The molecule has 0 saturated carbocycles. The van der Waals surface area contributed by atoms with E-state index >= 15 is 0 Å². The predicted octanol–water partition coefficient (Wildman–Crippen LogP) is 1.67. The highest BCUT2D eigenvalue weighted by Gasteiger charge is 2.26. The van der Waals surface area contributed by atoms with Crippen LogP contribution in [0.4, 0.5) is 0 Å². The monoisotopic (exact) mass is 206 g/mol. The van der Waals surface area contributed by atoms with Crippen LogP contribution in [0, 0.1) is 5.92 Å². The van der Waals surface area contributed by atoms with Gasteiger partial charge in [-0.3, -0.25) is 4.79 Å². The molecule has 1 atom stereocenters. The molecule has 1 heterocycles. The van der Waals surface area contributed by atoms with Crippen LogP contribution in [0.1, 0.15) is 41.5 Å². The molecule has 0 spiro atoms. The lowest BCUT2D eigenvalue weighted by Crippen LogP contribution is -2.21. The molecule has 0 bridgehead atoms. The first-order valence-corrected chi connectivity index (χ1v) is 5.68. The van der Waals surface area contributed by atoms with Crippen molar-refractivity contribution < 1.29 is 4.79 Å². The molecular weight excluding hydrogens is 188 g/mol. The van der Waals surface area contributed by atoms with Gasteiger partial charge in [-0.05, 0) is 37.8 Å². The highest BCUT2D eigenvalue weighted by atomic mass is 16.1. The molecule has 1 aliphatic rings. The molecule has 0 saturated heterocycles. The fourth-order valence-electron chi connectivity index (χ4n) is 2.33. The van der Waals surface area contributed by atoms with E-state index in [1.54, 1.807) is 0 Å². The van der Waals surface area contributed by atoms with Gasteiger partial charge in [-0.25, -0.2) is 0 Å². The van der Waals surface area contributed by atoms with Gasteiger partial charge in [0.1, 0.15) is 0 Å². The minimum Gasteiger partial charge on any atom is -0.362 e. The van der Waals surface area contributed by atoms with E-state index in [0.29, 0.717) is 18.9 Å². The molecule has 1 aromatic heterocycles. The van der Waals surface area contributed by atoms with Gasteiger partial charge in [0.05, 0.1) is 0 Å². The molecule has 2 rings (SSSR count). The molecule has 1 aromatic rings. The zero-order valence-corrected chi connectivity index (χ0v) is 9.18. The second-order valence-electron chi connectivity index (χ2n) is 4.32. The lowest BCUT2D eigenvalue weighted by molar-refractivity contribution is 0.0947. The minimum absolute atomic E-state index is 0.283. The second-order valence-corrected chi connectivity index (χ2v) is 4.32. The Hall–Kier alpha value is -1.09. The number of nitrogens with two attached hydrogens (primary N) is 1. The van der Waals surface area contributed by atoms with Crippen LogP contribution >= 0.6 is 0 Å². The van der Waals surface area contributed by atoms with E-state index in [4.69, 9.17) is 5.73 Å². The SMILES string of the molecule is CCc1cc2c([nH]1)CC(CCN)CC2=O. The number of fused-ring (bicyclic) bond motifs is 1. The second kappa shape index (κ2) is 4.19. The van der Waals surface area contributed by atoms with Crippen LogP contribution in [0.5, 0.6) is 0 Å². The van der Waals surface area contributed by atoms with Gasteiger partial charge in [0.2, 0.25) is 0 Å². The largest absolute Gasteiger partial charge is 0.362 e. The fraction of sp³-hybridized carbons (Fsp3) is 0.583. The van der Waals surface area contributed by atoms with E-state index in [1.807, 2.05) is 6.07 Å². The number of rotatable bonds is 3. The molecule has 0 fully saturated rings. The summed E-state index contributed by atoms with van der Waals surface area (Å²) in [7, 11) is 0. The van der Waals surface area contributed by atoms with Crippen molar-refractivity contribution in [2.24, 2.45) is 11.7 Å². The van der Waals surface area contributed by atoms with Crippen LogP contribution in [0.2, 0.25) is 0 Å². The summed E-state index contributed by atoms with van der Waals surface area (Å²) in [4.78, 5) is 15.2. The average Bonchev–Trinajstić information content (AvgIpc) is 2.62. The minimum atomic E-state index is 0.283. The third-order valence-corrected chi connectivity index (χ3v) is 3.18. The van der Waals surface area contributed by atoms with Gasteiger partial charge >= 0.3 is 0 Å². The van der Waals surface area contributed by atoms with Crippen molar-refractivity contribution in [3.63, 3.8) is 0 Å². The molecule has 0 radical (unpaired) electrons. The lowest BCUT2D eigenvalue weighted by atomic mass is 9.85. The number of H-pyrrole nitrogens is 1. The Morgan fingerprint density at radius 1 is 1.53 bits per heavy atom. The normalized spacial score (nSPS) is 20.4. The average molecular weight is 206 g/mol. The van der Waals surface area contributed by atoms with Gasteiger partial charge in [0.25, 0.3) is 0 Å². The summed E-state index contributed by atoms with van der Waals surface area (Å²) in [6.45, 7) is 2.77. The predicted molar refractivity (Wildman–Crippen MR) is 60.0 cm³/mol. The standard InChI is InChI=1S/C12H18N2O/c1-2-9-7-10-11(14-9)5-8(3-4-13)6-12(10)15/h7-8,14H,2-6,13H2,1H3. The molecule has 3 nitrogen and oxygen atoms in total. The Balaban J connectivity index is 2.23. The number of hydrogen-bond acceptors (Lipinski definition) is 2. The van der Waals surface area contributed by atoms with Gasteiger partial charge in [-0.2, -0.15) is 0 Å². The Morgan fingerprint density at radius 3 is 3.00 bits per heavy atom. The highest BCUT2D eigenvalue weighted by molar-refractivity contribution is 5.98. The fourth-order valence-corrected chi connectivity index (χ4v) is 2.33.